The van der Waals surface area contributed by atoms with E-state index >= 15 is 0 Å². The molecule has 2 aromatic rings. The van der Waals surface area contributed by atoms with Crippen LogP contribution in [0.15, 0.2) is 36.4 Å². The quantitative estimate of drug-likeness (QED) is 0.712. The van der Waals surface area contributed by atoms with Gasteiger partial charge in [-0.25, -0.2) is 22.9 Å². The van der Waals surface area contributed by atoms with Crippen LogP contribution in [0.2, 0.25) is 0 Å². The van der Waals surface area contributed by atoms with Crippen molar-refractivity contribution in [3.63, 3.8) is 0 Å². The lowest BCUT2D eigenvalue weighted by Crippen LogP contribution is -2.72. The minimum Gasteiger partial charge on any atom is -0.352 e. The summed E-state index contributed by atoms with van der Waals surface area (Å²) in [5, 5.41) is 2.59. The van der Waals surface area contributed by atoms with Gasteiger partial charge in [-0.1, -0.05) is 24.0 Å². The molecule has 9 heteroatoms. The fraction of sp³-hybridized carbons (Fsp3) is 0.227. The number of carbonyl (C=O) groups excluding carboxylic acids is 3. The van der Waals surface area contributed by atoms with Gasteiger partial charge in [0.05, 0.1) is 12.0 Å². The van der Waals surface area contributed by atoms with Gasteiger partial charge in [-0.05, 0) is 31.2 Å². The Balaban J connectivity index is 1.70. The number of rotatable bonds is 1. The smallest absolute Gasteiger partial charge is 0.332 e. The zero-order valence-electron chi connectivity index (χ0n) is 16.3. The van der Waals surface area contributed by atoms with E-state index in [1.807, 2.05) is 0 Å². The number of nitrogens with zero attached hydrogens (tertiary/aromatic N) is 2. The molecule has 2 fully saturated rings. The van der Waals surface area contributed by atoms with Gasteiger partial charge >= 0.3 is 6.03 Å². The van der Waals surface area contributed by atoms with Gasteiger partial charge in [0, 0.05) is 18.7 Å². The molecule has 1 N–H and O–H groups in total. The lowest BCUT2D eigenvalue weighted by molar-refractivity contribution is -0.140. The number of carbonyl (C=O) groups is 3. The first-order chi connectivity index (χ1) is 14.7. The highest BCUT2D eigenvalue weighted by Gasteiger charge is 2.53. The second kappa shape index (κ2) is 7.47. The Labute approximate surface area is 175 Å². The van der Waals surface area contributed by atoms with Gasteiger partial charge in [0.1, 0.15) is 17.0 Å². The molecule has 0 aromatic heterocycles. The molecular weight excluding hydrogens is 411 g/mol. The van der Waals surface area contributed by atoms with Gasteiger partial charge in [0.15, 0.2) is 11.6 Å². The molecule has 158 valence electrons. The Kier molecular flexibility index (Phi) is 4.93. The second-order valence-electron chi connectivity index (χ2n) is 7.39. The monoisotopic (exact) mass is 427 g/mol. The molecule has 4 rings (SSSR count). The summed E-state index contributed by atoms with van der Waals surface area (Å²) in [6.07, 6.45) is -0.418. The maximum Gasteiger partial charge on any atom is 0.332 e. The van der Waals surface area contributed by atoms with Crippen molar-refractivity contribution in [2.45, 2.75) is 18.9 Å². The molecule has 31 heavy (non-hydrogen) atoms. The van der Waals surface area contributed by atoms with Crippen molar-refractivity contribution in [2.24, 2.45) is 0 Å². The molecule has 0 spiro atoms. The van der Waals surface area contributed by atoms with Crippen LogP contribution >= 0.6 is 0 Å². The predicted molar refractivity (Wildman–Crippen MR) is 104 cm³/mol. The van der Waals surface area contributed by atoms with Crippen LogP contribution < -0.4 is 10.2 Å². The van der Waals surface area contributed by atoms with E-state index in [0.29, 0.717) is 4.90 Å². The molecule has 2 aliphatic rings. The van der Waals surface area contributed by atoms with Gasteiger partial charge in [-0.3, -0.25) is 9.59 Å². The van der Waals surface area contributed by atoms with Crippen LogP contribution in [0.3, 0.4) is 0 Å². The van der Waals surface area contributed by atoms with Crippen molar-refractivity contribution in [3.8, 4) is 11.8 Å². The predicted octanol–water partition coefficient (Wildman–Crippen LogP) is 2.55. The largest absolute Gasteiger partial charge is 0.352 e. The van der Waals surface area contributed by atoms with Crippen LogP contribution in [-0.4, -0.2) is 41.4 Å². The highest BCUT2D eigenvalue weighted by molar-refractivity contribution is 6.19. The third-order valence-electron chi connectivity index (χ3n) is 5.33. The number of piperazine rings is 1. The van der Waals surface area contributed by atoms with Gasteiger partial charge in [-0.15, -0.1) is 0 Å². The lowest BCUT2D eigenvalue weighted by Gasteiger charge is -2.48. The number of imide groups is 1. The summed E-state index contributed by atoms with van der Waals surface area (Å²) in [5.41, 5.74) is -2.29. The zero-order valence-corrected chi connectivity index (χ0v) is 16.3. The van der Waals surface area contributed by atoms with Crippen LogP contribution in [0.4, 0.5) is 23.7 Å². The maximum atomic E-state index is 14.8. The van der Waals surface area contributed by atoms with E-state index in [2.05, 4.69) is 17.2 Å². The summed E-state index contributed by atoms with van der Waals surface area (Å²) in [5.74, 6) is 0.630. The minimum absolute atomic E-state index is 0.0523. The molecule has 1 atom stereocenters. The first-order valence-electron chi connectivity index (χ1n) is 9.41. The SMILES string of the molecule is CC12CC(=O)N(c3c(F)cc(C#Cc4ccccc4F)cc3F)C(=O)N1CCNC2=O. The summed E-state index contributed by atoms with van der Waals surface area (Å²) in [6, 6.07) is 6.43. The van der Waals surface area contributed by atoms with Crippen molar-refractivity contribution >= 4 is 23.5 Å². The maximum absolute atomic E-state index is 14.8. The van der Waals surface area contributed by atoms with Gasteiger partial charge in [0.2, 0.25) is 11.8 Å². The molecule has 2 aromatic carbocycles. The molecular formula is C22H16F3N3O3. The Morgan fingerprint density at radius 3 is 2.35 bits per heavy atom. The van der Waals surface area contributed by atoms with Gasteiger partial charge in [-0.2, -0.15) is 0 Å². The highest BCUT2D eigenvalue weighted by Crippen LogP contribution is 2.35. The van der Waals surface area contributed by atoms with Crippen LogP contribution in [-0.2, 0) is 9.59 Å². The number of amides is 4. The van der Waals surface area contributed by atoms with Gasteiger partial charge < -0.3 is 10.2 Å². The number of hydrogen-bond donors (Lipinski definition) is 1. The number of anilines is 1. The third-order valence-corrected chi connectivity index (χ3v) is 5.33. The minimum atomic E-state index is -1.42. The molecule has 0 aliphatic carbocycles. The van der Waals surface area contributed by atoms with Crippen LogP contribution in [0.1, 0.15) is 24.5 Å². The van der Waals surface area contributed by atoms with E-state index in [4.69, 9.17) is 0 Å². The molecule has 4 amide bonds. The summed E-state index contributed by atoms with van der Waals surface area (Å²) < 4.78 is 43.3. The van der Waals surface area contributed by atoms with Crippen molar-refractivity contribution in [2.75, 3.05) is 18.0 Å². The number of halogens is 3. The van der Waals surface area contributed by atoms with E-state index < -0.39 is 52.9 Å². The van der Waals surface area contributed by atoms with E-state index in [9.17, 15) is 27.6 Å². The van der Waals surface area contributed by atoms with Crippen molar-refractivity contribution < 1.29 is 27.6 Å². The fourth-order valence-electron chi connectivity index (χ4n) is 3.70. The molecule has 6 nitrogen and oxygen atoms in total. The number of benzene rings is 2. The number of hydrogen-bond acceptors (Lipinski definition) is 3. The number of urea groups is 1. The molecule has 0 bridgehead atoms. The molecule has 0 saturated carbocycles. The number of fused-ring (bicyclic) bond motifs is 1. The highest BCUT2D eigenvalue weighted by atomic mass is 19.1. The van der Waals surface area contributed by atoms with E-state index in [-0.39, 0.29) is 24.2 Å². The van der Waals surface area contributed by atoms with Crippen LogP contribution in [0.25, 0.3) is 0 Å². The molecule has 2 saturated heterocycles. The first-order valence-corrected chi connectivity index (χ1v) is 9.41. The van der Waals surface area contributed by atoms with Crippen LogP contribution in [0.5, 0.6) is 0 Å². The molecule has 2 heterocycles. The van der Waals surface area contributed by atoms with E-state index in [1.165, 1.54) is 25.1 Å². The number of nitrogens with one attached hydrogen (secondary N) is 1. The fourth-order valence-corrected chi connectivity index (χ4v) is 3.70. The summed E-state index contributed by atoms with van der Waals surface area (Å²) >= 11 is 0. The average Bonchev–Trinajstić information content (AvgIpc) is 2.71. The molecule has 2 aliphatic heterocycles. The van der Waals surface area contributed by atoms with Gasteiger partial charge in [0.25, 0.3) is 0 Å². The van der Waals surface area contributed by atoms with E-state index in [0.717, 1.165) is 17.0 Å². The Hall–Kier alpha value is -3.80. The lowest BCUT2D eigenvalue weighted by atomic mass is 9.89. The first kappa shape index (κ1) is 20.5. The van der Waals surface area contributed by atoms with Crippen molar-refractivity contribution in [1.82, 2.24) is 10.2 Å². The molecule has 0 radical (unpaired) electrons. The standard InChI is InChI=1S/C22H16F3N3O3/c1-22-12-18(29)28(21(31)27(22)9-8-26-20(22)30)19-16(24)10-13(11-17(19)25)6-7-14-4-2-3-5-15(14)23/h2-5,10-11H,8-9,12H2,1H3,(H,26,30). The summed E-state index contributed by atoms with van der Waals surface area (Å²) in [6.45, 7) is 1.70. The van der Waals surface area contributed by atoms with Crippen molar-refractivity contribution in [1.29, 1.82) is 0 Å². The normalized spacial score (nSPS) is 20.7. The zero-order chi connectivity index (χ0) is 22.3. The average molecular weight is 427 g/mol. The Morgan fingerprint density at radius 1 is 1.00 bits per heavy atom. The topological polar surface area (TPSA) is 69.7 Å². The van der Waals surface area contributed by atoms with Crippen LogP contribution in [0, 0.1) is 29.3 Å². The molecule has 1 unspecified atom stereocenters. The Bertz CT molecular complexity index is 1160. The second-order valence-corrected chi connectivity index (χ2v) is 7.39. The van der Waals surface area contributed by atoms with E-state index in [1.54, 1.807) is 6.07 Å². The van der Waals surface area contributed by atoms with Crippen molar-refractivity contribution in [3.05, 3.63) is 65.0 Å². The third kappa shape index (κ3) is 3.40. The summed E-state index contributed by atoms with van der Waals surface area (Å²) in [4.78, 5) is 39.3. The summed E-state index contributed by atoms with van der Waals surface area (Å²) in [7, 11) is 0. The Morgan fingerprint density at radius 2 is 1.68 bits per heavy atom.